The molecule has 0 fully saturated rings. The number of aryl methyl sites for hydroxylation is 1. The van der Waals surface area contributed by atoms with Crippen LogP contribution in [0.5, 0.6) is 0 Å². The summed E-state index contributed by atoms with van der Waals surface area (Å²) in [6.45, 7) is 1.94. The van der Waals surface area contributed by atoms with Gasteiger partial charge in [0, 0.05) is 24.8 Å². The molecule has 0 saturated heterocycles. The number of aromatic nitrogens is 4. The van der Waals surface area contributed by atoms with E-state index in [-0.39, 0.29) is 6.04 Å². The standard InChI is InChI=1S/C10H13N5S/c1-7(11)8-4-3-5-12-9(8)16-10-13-6-14-15(10)2/h3-7H,11H2,1-2H3/t7-/m0/s1. The van der Waals surface area contributed by atoms with Crippen molar-refractivity contribution in [2.45, 2.75) is 23.1 Å². The van der Waals surface area contributed by atoms with E-state index in [0.29, 0.717) is 0 Å². The van der Waals surface area contributed by atoms with Gasteiger partial charge in [0.15, 0.2) is 5.16 Å². The Balaban J connectivity index is 2.31. The maximum atomic E-state index is 5.89. The van der Waals surface area contributed by atoms with Gasteiger partial charge in [0.05, 0.1) is 0 Å². The van der Waals surface area contributed by atoms with E-state index in [4.69, 9.17) is 5.73 Å². The zero-order valence-electron chi connectivity index (χ0n) is 9.16. The fourth-order valence-corrected chi connectivity index (χ4v) is 2.24. The molecule has 2 aromatic heterocycles. The SMILES string of the molecule is C[C@H](N)c1cccnc1Sc1ncnn1C. The maximum Gasteiger partial charge on any atom is 0.192 e. The van der Waals surface area contributed by atoms with Gasteiger partial charge in [-0.15, -0.1) is 0 Å². The highest BCUT2D eigenvalue weighted by Crippen LogP contribution is 2.28. The summed E-state index contributed by atoms with van der Waals surface area (Å²) in [6.07, 6.45) is 3.28. The molecule has 16 heavy (non-hydrogen) atoms. The molecule has 84 valence electrons. The van der Waals surface area contributed by atoms with E-state index in [1.165, 1.54) is 18.1 Å². The molecule has 0 unspecified atom stereocenters. The molecule has 2 N–H and O–H groups in total. The van der Waals surface area contributed by atoms with Crippen LogP contribution >= 0.6 is 11.8 Å². The molecular weight excluding hydrogens is 222 g/mol. The number of rotatable bonds is 3. The minimum atomic E-state index is -0.0376. The van der Waals surface area contributed by atoms with E-state index in [1.807, 2.05) is 26.1 Å². The second kappa shape index (κ2) is 4.63. The van der Waals surface area contributed by atoms with Crippen molar-refractivity contribution < 1.29 is 0 Å². The quantitative estimate of drug-likeness (QED) is 0.870. The van der Waals surface area contributed by atoms with Crippen molar-refractivity contribution in [3.63, 3.8) is 0 Å². The molecule has 0 bridgehead atoms. The van der Waals surface area contributed by atoms with Crippen LogP contribution in [0.1, 0.15) is 18.5 Å². The summed E-state index contributed by atoms with van der Waals surface area (Å²) in [6, 6.07) is 3.83. The number of pyridine rings is 1. The first kappa shape index (κ1) is 11.1. The van der Waals surface area contributed by atoms with E-state index < -0.39 is 0 Å². The second-order valence-corrected chi connectivity index (χ2v) is 4.41. The molecule has 2 aromatic rings. The first-order chi connectivity index (χ1) is 7.68. The summed E-state index contributed by atoms with van der Waals surface area (Å²) >= 11 is 1.47. The lowest BCUT2D eigenvalue weighted by molar-refractivity contribution is 0.683. The van der Waals surface area contributed by atoms with Crippen molar-refractivity contribution in [3.8, 4) is 0 Å². The maximum absolute atomic E-state index is 5.89. The van der Waals surface area contributed by atoms with Gasteiger partial charge in [-0.05, 0) is 24.8 Å². The van der Waals surface area contributed by atoms with Crippen molar-refractivity contribution in [2.24, 2.45) is 12.8 Å². The van der Waals surface area contributed by atoms with Crippen LogP contribution in [-0.2, 0) is 7.05 Å². The van der Waals surface area contributed by atoms with Crippen molar-refractivity contribution in [2.75, 3.05) is 0 Å². The van der Waals surface area contributed by atoms with Crippen LogP contribution in [0.4, 0.5) is 0 Å². The van der Waals surface area contributed by atoms with E-state index in [9.17, 15) is 0 Å². The lowest BCUT2D eigenvalue weighted by atomic mass is 10.2. The lowest BCUT2D eigenvalue weighted by Gasteiger charge is -2.09. The fraction of sp³-hybridized carbons (Fsp3) is 0.300. The molecule has 5 nitrogen and oxygen atoms in total. The lowest BCUT2D eigenvalue weighted by Crippen LogP contribution is -2.07. The molecule has 0 aromatic carbocycles. The summed E-state index contributed by atoms with van der Waals surface area (Å²) < 4.78 is 1.71. The monoisotopic (exact) mass is 235 g/mol. The van der Waals surface area contributed by atoms with Gasteiger partial charge in [0.25, 0.3) is 0 Å². The van der Waals surface area contributed by atoms with Crippen LogP contribution in [0.15, 0.2) is 34.8 Å². The molecule has 0 spiro atoms. The summed E-state index contributed by atoms with van der Waals surface area (Å²) in [5, 5.41) is 5.70. The third-order valence-corrected chi connectivity index (χ3v) is 3.24. The highest BCUT2D eigenvalue weighted by Gasteiger charge is 2.11. The summed E-state index contributed by atoms with van der Waals surface area (Å²) in [7, 11) is 1.85. The second-order valence-electron chi connectivity index (χ2n) is 3.45. The Kier molecular flexibility index (Phi) is 3.21. The molecule has 6 heteroatoms. The Bertz CT molecular complexity index is 480. The molecule has 0 radical (unpaired) electrons. The van der Waals surface area contributed by atoms with E-state index in [0.717, 1.165) is 15.7 Å². The molecule has 0 amide bonds. The van der Waals surface area contributed by atoms with Gasteiger partial charge < -0.3 is 5.73 Å². The Hall–Kier alpha value is -1.40. The fourth-order valence-electron chi connectivity index (χ4n) is 1.30. The predicted molar refractivity (Wildman–Crippen MR) is 62.0 cm³/mol. The van der Waals surface area contributed by atoms with E-state index in [2.05, 4.69) is 15.1 Å². The zero-order chi connectivity index (χ0) is 11.5. The number of nitrogens with two attached hydrogens (primary N) is 1. The van der Waals surface area contributed by atoms with Crippen molar-refractivity contribution >= 4 is 11.8 Å². The largest absolute Gasteiger partial charge is 0.324 e. The number of hydrogen-bond acceptors (Lipinski definition) is 5. The minimum Gasteiger partial charge on any atom is -0.324 e. The van der Waals surface area contributed by atoms with Crippen molar-refractivity contribution in [3.05, 3.63) is 30.2 Å². The van der Waals surface area contributed by atoms with Crippen LogP contribution in [0, 0.1) is 0 Å². The van der Waals surface area contributed by atoms with Crippen LogP contribution in [0.2, 0.25) is 0 Å². The van der Waals surface area contributed by atoms with Gasteiger partial charge in [-0.2, -0.15) is 5.10 Å². The van der Waals surface area contributed by atoms with Crippen LogP contribution in [-0.4, -0.2) is 19.7 Å². The van der Waals surface area contributed by atoms with E-state index >= 15 is 0 Å². The van der Waals surface area contributed by atoms with Crippen LogP contribution in [0.3, 0.4) is 0 Å². The van der Waals surface area contributed by atoms with Gasteiger partial charge >= 0.3 is 0 Å². The van der Waals surface area contributed by atoms with Crippen LogP contribution < -0.4 is 5.73 Å². The molecule has 0 aliphatic carbocycles. The Morgan fingerprint density at radius 2 is 2.25 bits per heavy atom. The minimum absolute atomic E-state index is 0.0376. The van der Waals surface area contributed by atoms with Gasteiger partial charge in [-0.1, -0.05) is 6.07 Å². The van der Waals surface area contributed by atoms with E-state index in [1.54, 1.807) is 10.9 Å². The number of nitrogens with zero attached hydrogens (tertiary/aromatic N) is 4. The highest BCUT2D eigenvalue weighted by molar-refractivity contribution is 7.99. The normalized spacial score (nSPS) is 12.7. The first-order valence-electron chi connectivity index (χ1n) is 4.91. The predicted octanol–water partition coefficient (Wildman–Crippen LogP) is 1.38. The van der Waals surface area contributed by atoms with Gasteiger partial charge in [-0.3, -0.25) is 0 Å². The van der Waals surface area contributed by atoms with Crippen molar-refractivity contribution in [1.82, 2.24) is 19.7 Å². The zero-order valence-corrected chi connectivity index (χ0v) is 9.98. The molecule has 2 heterocycles. The molecule has 1 atom stereocenters. The highest BCUT2D eigenvalue weighted by atomic mass is 32.2. The molecule has 0 aliphatic rings. The molecule has 0 aliphatic heterocycles. The van der Waals surface area contributed by atoms with Gasteiger partial charge in [-0.25, -0.2) is 14.6 Å². The van der Waals surface area contributed by atoms with Gasteiger partial charge in [0.1, 0.15) is 11.4 Å². The van der Waals surface area contributed by atoms with Crippen LogP contribution in [0.25, 0.3) is 0 Å². The summed E-state index contributed by atoms with van der Waals surface area (Å²) in [5.41, 5.74) is 6.91. The molecular formula is C10H13N5S. The molecule has 2 rings (SSSR count). The third kappa shape index (κ3) is 2.23. The Labute approximate surface area is 98.1 Å². The average molecular weight is 235 g/mol. The third-order valence-electron chi connectivity index (χ3n) is 2.15. The summed E-state index contributed by atoms with van der Waals surface area (Å²) in [5.74, 6) is 0. The summed E-state index contributed by atoms with van der Waals surface area (Å²) in [4.78, 5) is 8.46. The van der Waals surface area contributed by atoms with Gasteiger partial charge in [0.2, 0.25) is 0 Å². The first-order valence-corrected chi connectivity index (χ1v) is 5.72. The number of hydrogen-bond donors (Lipinski definition) is 1. The Morgan fingerprint density at radius 1 is 1.44 bits per heavy atom. The smallest absolute Gasteiger partial charge is 0.192 e. The average Bonchev–Trinajstić information content (AvgIpc) is 2.65. The van der Waals surface area contributed by atoms with Crippen molar-refractivity contribution in [1.29, 1.82) is 0 Å². The molecule has 0 saturated carbocycles. The topological polar surface area (TPSA) is 69.6 Å². The Morgan fingerprint density at radius 3 is 2.88 bits per heavy atom.